The van der Waals surface area contributed by atoms with E-state index in [2.05, 4.69) is 52.2 Å². The molecule has 7 heteroatoms. The van der Waals surface area contributed by atoms with E-state index >= 15 is 0 Å². The van der Waals surface area contributed by atoms with Crippen molar-refractivity contribution in [3.05, 3.63) is 29.8 Å². The molecule has 0 saturated carbocycles. The van der Waals surface area contributed by atoms with E-state index in [1.807, 2.05) is 32.2 Å². The van der Waals surface area contributed by atoms with Gasteiger partial charge in [-0.2, -0.15) is 11.8 Å². The normalized spacial score (nSPS) is 17.4. The lowest BCUT2D eigenvalue weighted by Crippen LogP contribution is -2.48. The summed E-state index contributed by atoms with van der Waals surface area (Å²) in [5.74, 6) is 2.84. The molecule has 0 aliphatic carbocycles. The average Bonchev–Trinajstić information content (AvgIpc) is 2.63. The van der Waals surface area contributed by atoms with Crippen molar-refractivity contribution < 1.29 is 4.79 Å². The molecule has 1 unspecified atom stereocenters. The summed E-state index contributed by atoms with van der Waals surface area (Å²) >= 11 is 2.06. The van der Waals surface area contributed by atoms with Crippen molar-refractivity contribution in [2.75, 3.05) is 31.2 Å². The lowest BCUT2D eigenvalue weighted by Gasteiger charge is -2.36. The van der Waals surface area contributed by atoms with E-state index in [1.54, 1.807) is 0 Å². The Morgan fingerprint density at radius 1 is 1.41 bits per heavy atom. The van der Waals surface area contributed by atoms with Crippen LogP contribution in [0, 0.1) is 5.92 Å². The quantitative estimate of drug-likeness (QED) is 0.347. The topological polar surface area (TPSA) is 56.7 Å². The monoisotopic (exact) mass is 504 g/mol. The lowest BCUT2D eigenvalue weighted by atomic mass is 10.1. The second-order valence-corrected chi connectivity index (χ2v) is 8.35. The predicted molar refractivity (Wildman–Crippen MR) is 128 cm³/mol. The van der Waals surface area contributed by atoms with Gasteiger partial charge in [0.2, 0.25) is 5.91 Å². The Labute approximate surface area is 185 Å². The lowest BCUT2D eigenvalue weighted by molar-refractivity contribution is -0.116. The van der Waals surface area contributed by atoms with Crippen molar-refractivity contribution in [2.24, 2.45) is 10.9 Å². The van der Waals surface area contributed by atoms with Gasteiger partial charge in [-0.1, -0.05) is 32.9 Å². The van der Waals surface area contributed by atoms with E-state index in [4.69, 9.17) is 0 Å². The van der Waals surface area contributed by atoms with Gasteiger partial charge in [0.1, 0.15) is 0 Å². The number of amides is 1. The number of hydrogen-bond acceptors (Lipinski definition) is 3. The van der Waals surface area contributed by atoms with Crippen LogP contribution in [-0.4, -0.2) is 47.9 Å². The number of hydrogen-bond donors (Lipinski definition) is 2. The van der Waals surface area contributed by atoms with Gasteiger partial charge in [0.25, 0.3) is 0 Å². The summed E-state index contributed by atoms with van der Waals surface area (Å²) in [6.45, 7) is 9.34. The Morgan fingerprint density at radius 2 is 2.19 bits per heavy atom. The summed E-state index contributed by atoms with van der Waals surface area (Å²) < 4.78 is 0. The molecule has 1 amide bonds. The van der Waals surface area contributed by atoms with E-state index < -0.39 is 0 Å². The zero-order valence-electron chi connectivity index (χ0n) is 16.8. The Hall–Kier alpha value is -0.960. The molecular formula is C20H33IN4OS. The summed E-state index contributed by atoms with van der Waals surface area (Å²) in [6.07, 6.45) is 1.41. The van der Waals surface area contributed by atoms with Crippen LogP contribution in [-0.2, 0) is 11.3 Å². The molecule has 1 atom stereocenters. The Balaban J connectivity index is 0.00000364. The number of carbonyl (C=O) groups excluding carboxylic acids is 1. The summed E-state index contributed by atoms with van der Waals surface area (Å²) in [6, 6.07) is 8.00. The van der Waals surface area contributed by atoms with Gasteiger partial charge in [0.15, 0.2) is 5.96 Å². The number of guanidine groups is 1. The maximum Gasteiger partial charge on any atom is 0.224 e. The average molecular weight is 504 g/mol. The van der Waals surface area contributed by atoms with Gasteiger partial charge in [0, 0.05) is 49.8 Å². The second-order valence-electron chi connectivity index (χ2n) is 7.00. The fourth-order valence-electron chi connectivity index (χ4n) is 2.99. The number of halogens is 1. The number of thioether (sulfide) groups is 1. The van der Waals surface area contributed by atoms with Crippen LogP contribution in [0.4, 0.5) is 5.69 Å². The molecule has 0 spiro atoms. The molecule has 1 fully saturated rings. The molecular weight excluding hydrogens is 471 g/mol. The highest BCUT2D eigenvalue weighted by atomic mass is 127. The van der Waals surface area contributed by atoms with Crippen molar-refractivity contribution >= 4 is 53.3 Å². The van der Waals surface area contributed by atoms with Gasteiger partial charge in [-0.3, -0.25) is 9.79 Å². The molecule has 2 N–H and O–H groups in total. The number of nitrogens with one attached hydrogen (secondary N) is 2. The first-order valence-electron chi connectivity index (χ1n) is 9.49. The Morgan fingerprint density at radius 3 is 2.85 bits per heavy atom. The number of anilines is 1. The summed E-state index contributed by atoms with van der Waals surface area (Å²) in [7, 11) is 1.84. The highest BCUT2D eigenvalue weighted by molar-refractivity contribution is 14.0. The number of aliphatic imine (C=N–C) groups is 1. The van der Waals surface area contributed by atoms with Crippen LogP contribution in [0.25, 0.3) is 0 Å². The molecule has 0 bridgehead atoms. The maximum atomic E-state index is 11.8. The smallest absolute Gasteiger partial charge is 0.224 e. The third-order valence-corrected chi connectivity index (χ3v) is 6.03. The van der Waals surface area contributed by atoms with E-state index in [1.165, 1.54) is 0 Å². The van der Waals surface area contributed by atoms with Gasteiger partial charge in [-0.25, -0.2) is 0 Å². The van der Waals surface area contributed by atoms with E-state index in [0.717, 1.165) is 42.5 Å². The minimum Gasteiger partial charge on any atom is -0.352 e. The Bertz CT molecular complexity index is 624. The van der Waals surface area contributed by atoms with Gasteiger partial charge in [0.05, 0.1) is 0 Å². The minimum absolute atomic E-state index is 0. The highest BCUT2D eigenvalue weighted by Crippen LogP contribution is 2.24. The molecule has 27 heavy (non-hydrogen) atoms. The zero-order chi connectivity index (χ0) is 18.9. The SMILES string of the molecule is CCCC(=O)Nc1cccc(CNC(=NC)N2CCSC(C(C)C)C2)c1.I. The molecule has 2 rings (SSSR count). The van der Waals surface area contributed by atoms with Crippen molar-refractivity contribution in [2.45, 2.75) is 45.4 Å². The van der Waals surface area contributed by atoms with Crippen LogP contribution in [0.15, 0.2) is 29.3 Å². The van der Waals surface area contributed by atoms with E-state index in [0.29, 0.717) is 24.1 Å². The van der Waals surface area contributed by atoms with Crippen LogP contribution < -0.4 is 10.6 Å². The van der Waals surface area contributed by atoms with Crippen molar-refractivity contribution in [1.82, 2.24) is 10.2 Å². The maximum absolute atomic E-state index is 11.8. The number of nitrogens with zero attached hydrogens (tertiary/aromatic N) is 2. The molecule has 0 aromatic heterocycles. The Kier molecular flexibility index (Phi) is 11.1. The molecule has 1 aromatic rings. The van der Waals surface area contributed by atoms with Gasteiger partial charge >= 0.3 is 0 Å². The fourth-order valence-corrected chi connectivity index (χ4v) is 4.29. The fraction of sp³-hybridized carbons (Fsp3) is 0.600. The van der Waals surface area contributed by atoms with Gasteiger partial charge < -0.3 is 15.5 Å². The molecule has 1 aliphatic rings. The zero-order valence-corrected chi connectivity index (χ0v) is 20.0. The number of carbonyl (C=O) groups is 1. The standard InChI is InChI=1S/C20H32N4OS.HI/c1-5-7-19(25)23-17-9-6-8-16(12-17)13-22-20(21-4)24-10-11-26-18(14-24)15(2)3;/h6,8-9,12,15,18H,5,7,10-11,13-14H2,1-4H3,(H,21,22)(H,23,25);1H. The van der Waals surface area contributed by atoms with Gasteiger partial charge in [-0.05, 0) is 30.0 Å². The molecule has 1 heterocycles. The largest absolute Gasteiger partial charge is 0.352 e. The molecule has 1 saturated heterocycles. The number of rotatable bonds is 6. The molecule has 0 radical (unpaired) electrons. The van der Waals surface area contributed by atoms with Crippen LogP contribution in [0.3, 0.4) is 0 Å². The first kappa shape index (κ1) is 24.1. The third-order valence-electron chi connectivity index (χ3n) is 4.49. The van der Waals surface area contributed by atoms with Crippen LogP contribution in [0.1, 0.15) is 39.2 Å². The third kappa shape index (κ3) is 7.89. The molecule has 1 aromatic carbocycles. The first-order valence-corrected chi connectivity index (χ1v) is 10.5. The minimum atomic E-state index is 0. The summed E-state index contributed by atoms with van der Waals surface area (Å²) in [4.78, 5) is 18.6. The van der Waals surface area contributed by atoms with Crippen LogP contribution in [0.2, 0.25) is 0 Å². The number of benzene rings is 1. The van der Waals surface area contributed by atoms with Crippen molar-refractivity contribution in [3.8, 4) is 0 Å². The van der Waals surface area contributed by atoms with Gasteiger partial charge in [-0.15, -0.1) is 24.0 Å². The van der Waals surface area contributed by atoms with Crippen LogP contribution >= 0.6 is 35.7 Å². The summed E-state index contributed by atoms with van der Waals surface area (Å²) in [5, 5.41) is 7.08. The predicted octanol–water partition coefficient (Wildman–Crippen LogP) is 4.19. The van der Waals surface area contributed by atoms with Crippen molar-refractivity contribution in [1.29, 1.82) is 0 Å². The van der Waals surface area contributed by atoms with E-state index in [9.17, 15) is 4.79 Å². The van der Waals surface area contributed by atoms with E-state index in [-0.39, 0.29) is 29.9 Å². The highest BCUT2D eigenvalue weighted by Gasteiger charge is 2.24. The molecule has 1 aliphatic heterocycles. The summed E-state index contributed by atoms with van der Waals surface area (Å²) in [5.41, 5.74) is 1.99. The molecule has 5 nitrogen and oxygen atoms in total. The van der Waals surface area contributed by atoms with Crippen molar-refractivity contribution in [3.63, 3.8) is 0 Å². The molecule has 152 valence electrons. The first-order chi connectivity index (χ1) is 12.5. The second kappa shape index (κ2) is 12.5. The van der Waals surface area contributed by atoms with Crippen LogP contribution in [0.5, 0.6) is 0 Å².